The highest BCUT2D eigenvalue weighted by molar-refractivity contribution is 9.10. The van der Waals surface area contributed by atoms with Gasteiger partial charge in [0.2, 0.25) is 11.2 Å². The SMILES string of the molecule is Clc1nc(Nc2ccccc2Br)nc(-n2cccn2)n1. The van der Waals surface area contributed by atoms with Gasteiger partial charge in [0.05, 0.1) is 5.69 Å². The van der Waals surface area contributed by atoms with E-state index in [-0.39, 0.29) is 5.28 Å². The Morgan fingerprint density at radius 2 is 1.95 bits per heavy atom. The van der Waals surface area contributed by atoms with Gasteiger partial charge in [-0.2, -0.15) is 20.1 Å². The van der Waals surface area contributed by atoms with E-state index in [0.29, 0.717) is 11.9 Å². The lowest BCUT2D eigenvalue weighted by molar-refractivity contribution is 0.798. The fraction of sp³-hybridized carbons (Fsp3) is 0. The van der Waals surface area contributed by atoms with Crippen molar-refractivity contribution in [1.82, 2.24) is 24.7 Å². The van der Waals surface area contributed by atoms with Crippen molar-refractivity contribution in [2.75, 3.05) is 5.32 Å². The molecule has 3 rings (SSSR count). The lowest BCUT2D eigenvalue weighted by Gasteiger charge is -2.08. The molecule has 0 aliphatic rings. The van der Waals surface area contributed by atoms with Gasteiger partial charge in [0, 0.05) is 16.9 Å². The maximum Gasteiger partial charge on any atom is 0.256 e. The number of anilines is 2. The van der Waals surface area contributed by atoms with Crippen molar-refractivity contribution in [3.05, 3.63) is 52.5 Å². The molecule has 8 heteroatoms. The molecule has 20 heavy (non-hydrogen) atoms. The zero-order valence-electron chi connectivity index (χ0n) is 10.0. The van der Waals surface area contributed by atoms with Crippen molar-refractivity contribution in [2.45, 2.75) is 0 Å². The molecule has 0 amide bonds. The van der Waals surface area contributed by atoms with Gasteiger partial charge in [-0.1, -0.05) is 12.1 Å². The molecule has 0 aliphatic carbocycles. The fourth-order valence-electron chi connectivity index (χ4n) is 1.57. The number of halogens is 2. The average Bonchev–Trinajstić information content (AvgIpc) is 2.95. The summed E-state index contributed by atoms with van der Waals surface area (Å²) in [6.07, 6.45) is 3.37. The second kappa shape index (κ2) is 5.56. The number of nitrogens with zero attached hydrogens (tertiary/aromatic N) is 5. The smallest absolute Gasteiger partial charge is 0.256 e. The molecule has 0 aliphatic heterocycles. The molecule has 0 radical (unpaired) electrons. The third-order valence-corrected chi connectivity index (χ3v) is 3.29. The second-order valence-electron chi connectivity index (χ2n) is 3.78. The van der Waals surface area contributed by atoms with Gasteiger partial charge < -0.3 is 5.32 Å². The van der Waals surface area contributed by atoms with E-state index in [0.717, 1.165) is 10.2 Å². The Balaban J connectivity index is 1.97. The Labute approximate surface area is 128 Å². The van der Waals surface area contributed by atoms with Crippen LogP contribution in [0.1, 0.15) is 0 Å². The van der Waals surface area contributed by atoms with Crippen molar-refractivity contribution >= 4 is 39.2 Å². The summed E-state index contributed by atoms with van der Waals surface area (Å²) in [6.45, 7) is 0. The van der Waals surface area contributed by atoms with Gasteiger partial charge in [0.15, 0.2) is 0 Å². The largest absolute Gasteiger partial charge is 0.323 e. The summed E-state index contributed by atoms with van der Waals surface area (Å²) in [4.78, 5) is 12.4. The van der Waals surface area contributed by atoms with Crippen LogP contribution < -0.4 is 5.32 Å². The van der Waals surface area contributed by atoms with Crippen LogP contribution in [0.2, 0.25) is 5.28 Å². The monoisotopic (exact) mass is 350 g/mol. The van der Waals surface area contributed by atoms with Crippen LogP contribution in [0.25, 0.3) is 5.95 Å². The number of para-hydroxylation sites is 1. The van der Waals surface area contributed by atoms with Gasteiger partial charge in [0.25, 0.3) is 5.95 Å². The Bertz CT molecular complexity index is 731. The highest BCUT2D eigenvalue weighted by atomic mass is 79.9. The first-order valence-corrected chi connectivity index (χ1v) is 6.82. The molecule has 0 saturated carbocycles. The summed E-state index contributed by atoms with van der Waals surface area (Å²) in [5.74, 6) is 0.701. The van der Waals surface area contributed by atoms with Crippen LogP contribution in [0.3, 0.4) is 0 Å². The average molecular weight is 352 g/mol. The van der Waals surface area contributed by atoms with Gasteiger partial charge in [-0.3, -0.25) is 0 Å². The minimum Gasteiger partial charge on any atom is -0.323 e. The molecule has 0 atom stereocenters. The van der Waals surface area contributed by atoms with E-state index in [2.05, 4.69) is 41.3 Å². The number of benzene rings is 1. The van der Waals surface area contributed by atoms with E-state index in [1.165, 1.54) is 4.68 Å². The molecule has 6 nitrogen and oxygen atoms in total. The third-order valence-electron chi connectivity index (χ3n) is 2.43. The molecular formula is C12H8BrClN6. The van der Waals surface area contributed by atoms with Crippen LogP contribution in [-0.2, 0) is 0 Å². The Morgan fingerprint density at radius 1 is 1.10 bits per heavy atom. The number of hydrogen-bond acceptors (Lipinski definition) is 5. The zero-order chi connectivity index (χ0) is 13.9. The summed E-state index contributed by atoms with van der Waals surface area (Å²) in [5.41, 5.74) is 0.834. The number of hydrogen-bond donors (Lipinski definition) is 1. The number of aromatic nitrogens is 5. The van der Waals surface area contributed by atoms with Crippen LogP contribution in [0, 0.1) is 0 Å². The molecule has 0 bridgehead atoms. The zero-order valence-corrected chi connectivity index (χ0v) is 12.4. The molecule has 2 heterocycles. The summed E-state index contributed by atoms with van der Waals surface area (Å²) in [5, 5.41) is 7.24. The van der Waals surface area contributed by atoms with Gasteiger partial charge in [-0.15, -0.1) is 0 Å². The molecular weight excluding hydrogens is 344 g/mol. The van der Waals surface area contributed by atoms with Crippen molar-refractivity contribution in [3.63, 3.8) is 0 Å². The lowest BCUT2D eigenvalue weighted by Crippen LogP contribution is -2.07. The van der Waals surface area contributed by atoms with Crippen molar-refractivity contribution in [2.24, 2.45) is 0 Å². The molecule has 3 aromatic rings. The van der Waals surface area contributed by atoms with Gasteiger partial charge in [-0.05, 0) is 45.7 Å². The van der Waals surface area contributed by atoms with Gasteiger partial charge >= 0.3 is 0 Å². The first-order valence-electron chi connectivity index (χ1n) is 5.65. The van der Waals surface area contributed by atoms with Gasteiger partial charge in [0.1, 0.15) is 0 Å². The van der Waals surface area contributed by atoms with Crippen LogP contribution in [0.5, 0.6) is 0 Å². The summed E-state index contributed by atoms with van der Waals surface area (Å²) >= 11 is 9.36. The van der Waals surface area contributed by atoms with Crippen molar-refractivity contribution < 1.29 is 0 Å². The predicted molar refractivity (Wildman–Crippen MR) is 79.4 cm³/mol. The van der Waals surface area contributed by atoms with Crippen LogP contribution >= 0.6 is 27.5 Å². The molecule has 0 spiro atoms. The Kier molecular flexibility index (Phi) is 3.62. The highest BCUT2D eigenvalue weighted by Crippen LogP contribution is 2.24. The van der Waals surface area contributed by atoms with E-state index < -0.39 is 0 Å². The maximum absolute atomic E-state index is 5.92. The standard InChI is InChI=1S/C12H8BrClN6/c13-8-4-1-2-5-9(8)16-11-17-10(14)18-12(19-11)20-7-3-6-15-20/h1-7H,(H,16,17,18,19). The molecule has 0 unspecified atom stereocenters. The van der Waals surface area contributed by atoms with E-state index in [4.69, 9.17) is 11.6 Å². The lowest BCUT2D eigenvalue weighted by atomic mass is 10.3. The molecule has 0 saturated heterocycles. The Hall–Kier alpha value is -1.99. The molecule has 100 valence electrons. The van der Waals surface area contributed by atoms with Gasteiger partial charge in [-0.25, -0.2) is 4.68 Å². The normalized spacial score (nSPS) is 10.5. The van der Waals surface area contributed by atoms with Crippen LogP contribution in [-0.4, -0.2) is 24.7 Å². The fourth-order valence-corrected chi connectivity index (χ4v) is 2.11. The van der Waals surface area contributed by atoms with Crippen molar-refractivity contribution in [3.8, 4) is 5.95 Å². The van der Waals surface area contributed by atoms with Crippen LogP contribution in [0.4, 0.5) is 11.6 Å². The molecule has 1 aromatic carbocycles. The topological polar surface area (TPSA) is 68.5 Å². The maximum atomic E-state index is 5.92. The van der Waals surface area contributed by atoms with E-state index in [1.807, 2.05) is 24.3 Å². The van der Waals surface area contributed by atoms with E-state index in [1.54, 1.807) is 18.5 Å². The summed E-state index contributed by atoms with van der Waals surface area (Å²) in [6, 6.07) is 9.42. The van der Waals surface area contributed by atoms with Crippen molar-refractivity contribution in [1.29, 1.82) is 0 Å². The molecule has 0 fully saturated rings. The minimum atomic E-state index is 0.0973. The predicted octanol–water partition coefficient (Wildman–Crippen LogP) is 3.22. The molecule has 1 N–H and O–H groups in total. The minimum absolute atomic E-state index is 0.0973. The van der Waals surface area contributed by atoms with Crippen LogP contribution in [0.15, 0.2) is 47.2 Å². The number of rotatable bonds is 3. The third kappa shape index (κ3) is 2.78. The first-order chi connectivity index (χ1) is 9.72. The second-order valence-corrected chi connectivity index (χ2v) is 4.98. The first kappa shape index (κ1) is 13.0. The summed E-state index contributed by atoms with van der Waals surface area (Å²) < 4.78 is 2.41. The van der Waals surface area contributed by atoms with E-state index >= 15 is 0 Å². The quantitative estimate of drug-likeness (QED) is 0.784. The van der Waals surface area contributed by atoms with E-state index in [9.17, 15) is 0 Å². The number of nitrogens with one attached hydrogen (secondary N) is 1. The molecule has 2 aromatic heterocycles. The summed E-state index contributed by atoms with van der Waals surface area (Å²) in [7, 11) is 0. The Morgan fingerprint density at radius 3 is 2.70 bits per heavy atom. The highest BCUT2D eigenvalue weighted by Gasteiger charge is 2.08.